The van der Waals surface area contributed by atoms with E-state index in [1.807, 2.05) is 6.20 Å². The SMILES string of the molecule is Cl.Cl.NCC1(c2cnccn2)CC1. The summed E-state index contributed by atoms with van der Waals surface area (Å²) in [4.78, 5) is 8.26. The minimum absolute atomic E-state index is 0. The van der Waals surface area contributed by atoms with Gasteiger partial charge in [-0.15, -0.1) is 24.8 Å². The first-order chi connectivity index (χ1) is 5.37. The molecule has 13 heavy (non-hydrogen) atoms. The van der Waals surface area contributed by atoms with Gasteiger partial charge in [-0.25, -0.2) is 0 Å². The summed E-state index contributed by atoms with van der Waals surface area (Å²) in [5.41, 5.74) is 6.88. The Balaban J connectivity index is 0.000000720. The molecule has 1 saturated carbocycles. The number of hydrogen-bond acceptors (Lipinski definition) is 3. The molecule has 2 N–H and O–H groups in total. The first-order valence-electron chi connectivity index (χ1n) is 3.84. The number of nitrogens with two attached hydrogens (primary N) is 1. The fourth-order valence-electron chi connectivity index (χ4n) is 1.29. The highest BCUT2D eigenvalue weighted by Gasteiger charge is 2.44. The molecule has 0 saturated heterocycles. The summed E-state index contributed by atoms with van der Waals surface area (Å²) in [7, 11) is 0. The van der Waals surface area contributed by atoms with E-state index >= 15 is 0 Å². The second-order valence-corrected chi connectivity index (χ2v) is 3.08. The molecule has 0 spiro atoms. The third-order valence-corrected chi connectivity index (χ3v) is 2.35. The van der Waals surface area contributed by atoms with Gasteiger partial charge in [0.2, 0.25) is 0 Å². The fraction of sp³-hybridized carbons (Fsp3) is 0.500. The van der Waals surface area contributed by atoms with Gasteiger partial charge < -0.3 is 5.73 Å². The quantitative estimate of drug-likeness (QED) is 0.820. The lowest BCUT2D eigenvalue weighted by Crippen LogP contribution is -2.20. The summed E-state index contributed by atoms with van der Waals surface area (Å²) in [6.07, 6.45) is 7.57. The van der Waals surface area contributed by atoms with Gasteiger partial charge in [0.25, 0.3) is 0 Å². The second-order valence-electron chi connectivity index (χ2n) is 3.08. The van der Waals surface area contributed by atoms with Gasteiger partial charge >= 0.3 is 0 Å². The molecule has 74 valence electrons. The van der Waals surface area contributed by atoms with Crippen LogP contribution in [0.25, 0.3) is 0 Å². The van der Waals surface area contributed by atoms with Crippen molar-refractivity contribution >= 4 is 24.8 Å². The van der Waals surface area contributed by atoms with Gasteiger partial charge in [0.1, 0.15) is 0 Å². The molecule has 1 aliphatic carbocycles. The fourth-order valence-corrected chi connectivity index (χ4v) is 1.29. The largest absolute Gasteiger partial charge is 0.330 e. The molecule has 1 aliphatic rings. The summed E-state index contributed by atoms with van der Waals surface area (Å²) in [6.45, 7) is 0.700. The molecule has 2 rings (SSSR count). The zero-order valence-corrected chi connectivity index (χ0v) is 8.77. The average Bonchev–Trinajstić information content (AvgIpc) is 2.86. The van der Waals surface area contributed by atoms with Crippen molar-refractivity contribution in [1.82, 2.24) is 9.97 Å². The Morgan fingerprint density at radius 3 is 2.38 bits per heavy atom. The van der Waals surface area contributed by atoms with Crippen LogP contribution in [-0.2, 0) is 5.41 Å². The molecule has 0 unspecified atom stereocenters. The number of halogens is 2. The maximum atomic E-state index is 5.63. The van der Waals surface area contributed by atoms with Crippen LogP contribution in [0.15, 0.2) is 18.6 Å². The molecule has 1 aromatic heterocycles. The van der Waals surface area contributed by atoms with Crippen LogP contribution in [0.5, 0.6) is 0 Å². The van der Waals surface area contributed by atoms with Gasteiger partial charge in [-0.2, -0.15) is 0 Å². The standard InChI is InChI=1S/C8H11N3.2ClH/c9-6-8(1-2-8)7-5-10-3-4-11-7;;/h3-5H,1-2,6,9H2;2*1H. The highest BCUT2D eigenvalue weighted by molar-refractivity contribution is 5.85. The third-order valence-electron chi connectivity index (χ3n) is 2.35. The third kappa shape index (κ3) is 2.30. The monoisotopic (exact) mass is 221 g/mol. The molecule has 0 amide bonds. The van der Waals surface area contributed by atoms with Crippen LogP contribution in [0.2, 0.25) is 0 Å². The second kappa shape index (κ2) is 4.74. The number of aromatic nitrogens is 2. The zero-order valence-electron chi connectivity index (χ0n) is 7.14. The molecule has 0 radical (unpaired) electrons. The predicted octanol–water partition coefficient (Wildman–Crippen LogP) is 1.31. The summed E-state index contributed by atoms with van der Waals surface area (Å²) in [6, 6.07) is 0. The predicted molar refractivity (Wildman–Crippen MR) is 56.5 cm³/mol. The Morgan fingerprint density at radius 1 is 1.31 bits per heavy atom. The molecule has 3 nitrogen and oxygen atoms in total. The molecule has 1 fully saturated rings. The maximum Gasteiger partial charge on any atom is 0.0660 e. The highest BCUT2D eigenvalue weighted by Crippen LogP contribution is 2.45. The Labute approximate surface area is 90.0 Å². The molecule has 0 bridgehead atoms. The van der Waals surface area contributed by atoms with Gasteiger partial charge in [-0.05, 0) is 12.8 Å². The maximum absolute atomic E-state index is 5.63. The zero-order chi connectivity index (χ0) is 7.73. The molecular weight excluding hydrogens is 209 g/mol. The molecule has 0 aliphatic heterocycles. The van der Waals surface area contributed by atoms with Crippen molar-refractivity contribution in [2.75, 3.05) is 6.54 Å². The first kappa shape index (κ1) is 12.6. The highest BCUT2D eigenvalue weighted by atomic mass is 35.5. The number of hydrogen-bond donors (Lipinski definition) is 1. The molecule has 1 heterocycles. The van der Waals surface area contributed by atoms with E-state index < -0.39 is 0 Å². The smallest absolute Gasteiger partial charge is 0.0660 e. The normalized spacial score (nSPS) is 16.7. The van der Waals surface area contributed by atoms with Crippen molar-refractivity contribution in [1.29, 1.82) is 0 Å². The topological polar surface area (TPSA) is 51.8 Å². The van der Waals surface area contributed by atoms with E-state index in [2.05, 4.69) is 9.97 Å². The van der Waals surface area contributed by atoms with Crippen LogP contribution in [-0.4, -0.2) is 16.5 Å². The summed E-state index contributed by atoms with van der Waals surface area (Å²) >= 11 is 0. The van der Waals surface area contributed by atoms with E-state index in [0.717, 1.165) is 5.69 Å². The van der Waals surface area contributed by atoms with E-state index in [1.54, 1.807) is 12.4 Å². The van der Waals surface area contributed by atoms with Crippen LogP contribution in [0.4, 0.5) is 0 Å². The van der Waals surface area contributed by atoms with Crippen LogP contribution < -0.4 is 5.73 Å². The van der Waals surface area contributed by atoms with E-state index in [4.69, 9.17) is 5.73 Å². The van der Waals surface area contributed by atoms with Crippen LogP contribution in [0.3, 0.4) is 0 Å². The Bertz CT molecular complexity index is 249. The number of rotatable bonds is 2. The van der Waals surface area contributed by atoms with Gasteiger partial charge in [-0.1, -0.05) is 0 Å². The van der Waals surface area contributed by atoms with Crippen molar-refractivity contribution < 1.29 is 0 Å². The van der Waals surface area contributed by atoms with Crippen molar-refractivity contribution in [3.8, 4) is 0 Å². The van der Waals surface area contributed by atoms with Crippen LogP contribution in [0, 0.1) is 0 Å². The Morgan fingerprint density at radius 2 is 2.00 bits per heavy atom. The van der Waals surface area contributed by atoms with Crippen molar-refractivity contribution in [2.24, 2.45) is 5.73 Å². The molecular formula is C8H13Cl2N3. The minimum Gasteiger partial charge on any atom is -0.330 e. The summed E-state index contributed by atoms with van der Waals surface area (Å²) in [5, 5.41) is 0. The molecule has 0 aromatic carbocycles. The lowest BCUT2D eigenvalue weighted by Gasteiger charge is -2.09. The summed E-state index contributed by atoms with van der Waals surface area (Å²) < 4.78 is 0. The van der Waals surface area contributed by atoms with Crippen molar-refractivity contribution in [3.05, 3.63) is 24.3 Å². The van der Waals surface area contributed by atoms with Crippen LogP contribution >= 0.6 is 24.8 Å². The van der Waals surface area contributed by atoms with Crippen molar-refractivity contribution in [3.63, 3.8) is 0 Å². The lowest BCUT2D eigenvalue weighted by molar-refractivity contribution is 0.673. The van der Waals surface area contributed by atoms with E-state index in [0.29, 0.717) is 6.54 Å². The molecule has 5 heteroatoms. The average molecular weight is 222 g/mol. The van der Waals surface area contributed by atoms with Gasteiger partial charge in [-0.3, -0.25) is 9.97 Å². The summed E-state index contributed by atoms with van der Waals surface area (Å²) in [5.74, 6) is 0. The number of nitrogens with zero attached hydrogens (tertiary/aromatic N) is 2. The van der Waals surface area contributed by atoms with E-state index in [9.17, 15) is 0 Å². The van der Waals surface area contributed by atoms with E-state index in [1.165, 1.54) is 12.8 Å². The van der Waals surface area contributed by atoms with Gasteiger partial charge in [0.05, 0.1) is 5.69 Å². The molecule has 1 aromatic rings. The van der Waals surface area contributed by atoms with Gasteiger partial charge in [0.15, 0.2) is 0 Å². The Kier molecular flexibility index (Phi) is 4.61. The Hall–Kier alpha value is -0.380. The van der Waals surface area contributed by atoms with E-state index in [-0.39, 0.29) is 30.2 Å². The molecule has 0 atom stereocenters. The van der Waals surface area contributed by atoms with Crippen LogP contribution in [0.1, 0.15) is 18.5 Å². The first-order valence-corrected chi connectivity index (χ1v) is 3.84. The van der Waals surface area contributed by atoms with Gasteiger partial charge in [0, 0.05) is 30.6 Å². The lowest BCUT2D eigenvalue weighted by atomic mass is 10.0. The minimum atomic E-state index is 0. The van der Waals surface area contributed by atoms with Crippen molar-refractivity contribution in [2.45, 2.75) is 18.3 Å².